The number of aliphatic hydroxyl groups is 3. The molecule has 0 amide bonds. The summed E-state index contributed by atoms with van der Waals surface area (Å²) in [5, 5.41) is 30.9. The molecule has 354 valence electrons. The molecule has 1 aliphatic heterocycles. The van der Waals surface area contributed by atoms with Crippen molar-refractivity contribution in [2.45, 2.75) is 256 Å². The second kappa shape index (κ2) is 37.9. The fraction of sp³-hybridized carbons (Fsp3) is 0.915. The lowest BCUT2D eigenvalue weighted by Crippen LogP contribution is -2.60. The highest BCUT2D eigenvalue weighted by atomic mass is 32.2. The lowest BCUT2D eigenvalue weighted by atomic mass is 10.00. The second-order valence-corrected chi connectivity index (χ2v) is 18.6. The molecule has 60 heavy (non-hydrogen) atoms. The van der Waals surface area contributed by atoms with Gasteiger partial charge in [-0.3, -0.25) is 14.1 Å². The zero-order valence-electron chi connectivity index (χ0n) is 37.8. The molecule has 1 fully saturated rings. The van der Waals surface area contributed by atoms with E-state index < -0.39 is 71.2 Å². The van der Waals surface area contributed by atoms with Crippen LogP contribution in [0, 0.1) is 0 Å². The Hall–Kier alpha value is -1.61. The topological polar surface area (TPSA) is 186 Å². The summed E-state index contributed by atoms with van der Waals surface area (Å²) in [6, 6.07) is 0. The van der Waals surface area contributed by atoms with Gasteiger partial charge in [0.15, 0.2) is 12.4 Å². The summed E-state index contributed by atoms with van der Waals surface area (Å²) in [6.45, 7) is 3.76. The zero-order chi connectivity index (χ0) is 44.1. The highest BCUT2D eigenvalue weighted by molar-refractivity contribution is 7.85. The van der Waals surface area contributed by atoms with Gasteiger partial charge in [-0.25, -0.2) is 0 Å². The third-order valence-corrected chi connectivity index (χ3v) is 12.1. The third-order valence-electron chi connectivity index (χ3n) is 11.3. The van der Waals surface area contributed by atoms with Gasteiger partial charge in [-0.15, -0.1) is 0 Å². The van der Waals surface area contributed by atoms with Crippen molar-refractivity contribution in [1.82, 2.24) is 0 Å². The summed E-state index contributed by atoms with van der Waals surface area (Å²) >= 11 is 0. The molecule has 0 radical (unpaired) electrons. The molecule has 1 rings (SSSR count). The summed E-state index contributed by atoms with van der Waals surface area (Å²) in [5.41, 5.74) is 0. The van der Waals surface area contributed by atoms with Gasteiger partial charge in [0.05, 0.1) is 6.61 Å². The van der Waals surface area contributed by atoms with Crippen LogP contribution < -0.4 is 0 Å². The number of hydrogen-bond acceptors (Lipinski definition) is 11. The Morgan fingerprint density at radius 3 is 1.43 bits per heavy atom. The van der Waals surface area contributed by atoms with E-state index in [9.17, 15) is 37.9 Å². The normalized spacial score (nSPS) is 20.1. The van der Waals surface area contributed by atoms with Gasteiger partial charge in [0.2, 0.25) is 0 Å². The maximum Gasteiger partial charge on any atom is 0.306 e. The lowest BCUT2D eigenvalue weighted by molar-refractivity contribution is -0.297. The zero-order valence-corrected chi connectivity index (χ0v) is 38.6. The van der Waals surface area contributed by atoms with Gasteiger partial charge in [-0.2, -0.15) is 8.42 Å². The van der Waals surface area contributed by atoms with Gasteiger partial charge < -0.3 is 34.3 Å². The molecule has 0 aromatic carbocycles. The Bertz CT molecular complexity index is 1170. The molecule has 0 saturated carbocycles. The van der Waals surface area contributed by atoms with Crippen LogP contribution in [-0.4, -0.2) is 96.0 Å². The van der Waals surface area contributed by atoms with Crippen LogP contribution in [0.15, 0.2) is 12.2 Å². The Kier molecular flexibility index (Phi) is 35.6. The number of esters is 2. The lowest BCUT2D eigenvalue weighted by Gasteiger charge is -2.40. The van der Waals surface area contributed by atoms with E-state index in [0.29, 0.717) is 12.8 Å². The average molecular weight is 877 g/mol. The van der Waals surface area contributed by atoms with Gasteiger partial charge in [0.25, 0.3) is 10.1 Å². The first-order chi connectivity index (χ1) is 29.0. The van der Waals surface area contributed by atoms with Crippen LogP contribution in [0.3, 0.4) is 0 Å². The van der Waals surface area contributed by atoms with Crippen LogP contribution in [0.2, 0.25) is 0 Å². The number of allylic oxidation sites excluding steroid dienone is 2. The minimum Gasteiger partial charge on any atom is -0.462 e. The fourth-order valence-electron chi connectivity index (χ4n) is 7.54. The highest BCUT2D eigenvalue weighted by Crippen LogP contribution is 2.24. The molecule has 13 heteroatoms. The molecule has 4 N–H and O–H groups in total. The Morgan fingerprint density at radius 2 is 0.967 bits per heavy atom. The molecule has 0 bridgehead atoms. The van der Waals surface area contributed by atoms with Crippen LogP contribution in [0.25, 0.3) is 0 Å². The van der Waals surface area contributed by atoms with Crippen LogP contribution >= 0.6 is 0 Å². The first-order valence-electron chi connectivity index (χ1n) is 24.2. The number of hydrogen-bond donors (Lipinski definition) is 4. The van der Waals surface area contributed by atoms with E-state index >= 15 is 0 Å². The summed E-state index contributed by atoms with van der Waals surface area (Å²) < 4.78 is 54.1. The monoisotopic (exact) mass is 877 g/mol. The van der Waals surface area contributed by atoms with Crippen molar-refractivity contribution in [3.63, 3.8) is 0 Å². The fourth-order valence-corrected chi connectivity index (χ4v) is 8.23. The van der Waals surface area contributed by atoms with Crippen LogP contribution in [-0.2, 0) is 38.7 Å². The molecule has 6 atom stereocenters. The smallest absolute Gasteiger partial charge is 0.306 e. The molecule has 0 spiro atoms. The van der Waals surface area contributed by atoms with E-state index in [2.05, 4.69) is 26.0 Å². The van der Waals surface area contributed by atoms with Crippen molar-refractivity contribution >= 4 is 22.1 Å². The molecule has 1 saturated heterocycles. The molecule has 0 aromatic rings. The molecule has 12 nitrogen and oxygen atoms in total. The quantitative estimate of drug-likeness (QED) is 0.0197. The van der Waals surface area contributed by atoms with E-state index in [4.69, 9.17) is 18.9 Å². The van der Waals surface area contributed by atoms with Gasteiger partial charge in [-0.05, 0) is 32.1 Å². The number of rotatable bonds is 41. The molecule has 0 aliphatic carbocycles. The number of unbranched alkanes of at least 4 members (excludes halogenated alkanes) is 27. The second-order valence-electron chi connectivity index (χ2n) is 17.1. The van der Waals surface area contributed by atoms with Crippen LogP contribution in [0.1, 0.15) is 219 Å². The van der Waals surface area contributed by atoms with Crippen LogP contribution in [0.4, 0.5) is 0 Å². The van der Waals surface area contributed by atoms with E-state index in [-0.39, 0.29) is 19.4 Å². The largest absolute Gasteiger partial charge is 0.462 e. The van der Waals surface area contributed by atoms with E-state index in [1.54, 1.807) is 0 Å². The number of carbonyl (C=O) groups excluding carboxylic acids is 2. The van der Waals surface area contributed by atoms with Gasteiger partial charge in [0.1, 0.15) is 36.8 Å². The summed E-state index contributed by atoms with van der Waals surface area (Å²) in [7, 11) is -4.60. The maximum absolute atomic E-state index is 12.8. The summed E-state index contributed by atoms with van der Waals surface area (Å²) in [6.07, 6.45) is 31.1. The minimum atomic E-state index is -4.60. The SMILES string of the molecule is CCCC/C=C/CCCCCCCCCCCC(=O)O[C@H](COC(=O)CCCCCCCCCCCCCCCCCCC)CO[C@H]1O[C@H](CS(=O)(=O)O)[C@@H](O)C(O)C1O. The van der Waals surface area contributed by atoms with Gasteiger partial charge in [-0.1, -0.05) is 187 Å². The van der Waals surface area contributed by atoms with Crippen molar-refractivity contribution < 1.29 is 56.8 Å². The average Bonchev–Trinajstić information content (AvgIpc) is 3.21. The molecular formula is C47H88O12S. The van der Waals surface area contributed by atoms with E-state index in [0.717, 1.165) is 44.9 Å². The van der Waals surface area contributed by atoms with E-state index in [1.807, 2.05) is 0 Å². The van der Waals surface area contributed by atoms with Crippen molar-refractivity contribution in [1.29, 1.82) is 0 Å². The third kappa shape index (κ3) is 32.1. The predicted molar refractivity (Wildman–Crippen MR) is 238 cm³/mol. The first kappa shape index (κ1) is 56.4. The standard InChI is InChI=1S/C47H88O12S/c1-3-5-7-9-11-13-15-17-19-20-22-23-25-27-29-31-33-35-42(48)56-37-40(38-57-47-46(52)45(51)44(50)41(59-47)39-60(53,54)55)58-43(49)36-34-32-30-28-26-24-21-18-16-14-12-10-8-6-4-2/h10,12,40-41,44-47,50-52H,3-9,11,13-39H2,1-2H3,(H,53,54,55)/b12-10+/t40-,41-,44-,45?,46?,47+/m1/s1. The van der Waals surface area contributed by atoms with Crippen LogP contribution in [0.5, 0.6) is 0 Å². The van der Waals surface area contributed by atoms with Crippen molar-refractivity contribution in [3.8, 4) is 0 Å². The first-order valence-corrected chi connectivity index (χ1v) is 25.9. The Labute approximate surface area is 365 Å². The van der Waals surface area contributed by atoms with E-state index in [1.165, 1.54) is 135 Å². The summed E-state index contributed by atoms with van der Waals surface area (Å²) in [4.78, 5) is 25.4. The molecule has 0 aromatic heterocycles. The number of aliphatic hydroxyl groups excluding tert-OH is 3. The van der Waals surface area contributed by atoms with Crippen molar-refractivity contribution in [3.05, 3.63) is 12.2 Å². The number of carbonyl (C=O) groups is 2. The Balaban J connectivity index is 2.39. The molecule has 2 unspecified atom stereocenters. The van der Waals surface area contributed by atoms with Crippen molar-refractivity contribution in [2.24, 2.45) is 0 Å². The molecule has 1 aliphatic rings. The minimum absolute atomic E-state index is 0.166. The van der Waals surface area contributed by atoms with Crippen molar-refractivity contribution in [2.75, 3.05) is 19.0 Å². The summed E-state index contributed by atoms with van der Waals surface area (Å²) in [5.74, 6) is -1.97. The predicted octanol–water partition coefficient (Wildman–Crippen LogP) is 10.2. The number of ether oxygens (including phenoxy) is 4. The van der Waals surface area contributed by atoms with Gasteiger partial charge >= 0.3 is 11.9 Å². The molecule has 1 heterocycles. The Morgan fingerprint density at radius 1 is 0.550 bits per heavy atom. The highest BCUT2D eigenvalue weighted by Gasteiger charge is 2.46. The van der Waals surface area contributed by atoms with Gasteiger partial charge in [0, 0.05) is 12.8 Å². The maximum atomic E-state index is 12.8. The molecular weight excluding hydrogens is 789 g/mol.